The molecule has 0 aliphatic carbocycles. The standard InChI is InChI=1S/C16H25N3O4/c1-14(20)19(7-6-18-8-11-22-12-9-18)5-4-16(21)17-13-15-3-2-10-23-15/h2-3,10H,4-9,11-13H2,1H3,(H,17,21). The van der Waals surface area contributed by atoms with Gasteiger partial charge in [-0.25, -0.2) is 0 Å². The van der Waals surface area contributed by atoms with Crippen LogP contribution in [0.25, 0.3) is 0 Å². The first-order chi connectivity index (χ1) is 11.1. The highest BCUT2D eigenvalue weighted by atomic mass is 16.5. The van der Waals surface area contributed by atoms with Crippen molar-refractivity contribution in [3.05, 3.63) is 24.2 Å². The number of furan rings is 1. The van der Waals surface area contributed by atoms with E-state index in [1.54, 1.807) is 24.2 Å². The molecule has 2 amide bonds. The van der Waals surface area contributed by atoms with Gasteiger partial charge in [-0.15, -0.1) is 0 Å². The van der Waals surface area contributed by atoms with Crippen LogP contribution in [0.5, 0.6) is 0 Å². The summed E-state index contributed by atoms with van der Waals surface area (Å²) in [6.07, 6.45) is 1.87. The van der Waals surface area contributed by atoms with E-state index in [-0.39, 0.29) is 11.8 Å². The molecule has 0 unspecified atom stereocenters. The summed E-state index contributed by atoms with van der Waals surface area (Å²) in [5.41, 5.74) is 0. The Hall–Kier alpha value is -1.86. The molecular formula is C16H25N3O4. The second-order valence-corrected chi connectivity index (χ2v) is 5.57. The number of amides is 2. The molecule has 0 spiro atoms. The van der Waals surface area contributed by atoms with Gasteiger partial charge >= 0.3 is 0 Å². The minimum Gasteiger partial charge on any atom is -0.467 e. The Morgan fingerprint density at radius 2 is 2.09 bits per heavy atom. The fourth-order valence-corrected chi connectivity index (χ4v) is 2.44. The molecular weight excluding hydrogens is 298 g/mol. The highest BCUT2D eigenvalue weighted by Crippen LogP contribution is 2.01. The van der Waals surface area contributed by atoms with Crippen molar-refractivity contribution < 1.29 is 18.7 Å². The topological polar surface area (TPSA) is 75.0 Å². The number of hydrogen-bond donors (Lipinski definition) is 1. The van der Waals surface area contributed by atoms with E-state index in [4.69, 9.17) is 9.15 Å². The molecule has 1 aromatic rings. The first-order valence-corrected chi connectivity index (χ1v) is 8.00. The van der Waals surface area contributed by atoms with Gasteiger partial charge in [0.1, 0.15) is 5.76 Å². The Balaban J connectivity index is 1.66. The van der Waals surface area contributed by atoms with Gasteiger partial charge in [0.25, 0.3) is 0 Å². The van der Waals surface area contributed by atoms with Crippen LogP contribution in [0, 0.1) is 0 Å². The van der Waals surface area contributed by atoms with Gasteiger partial charge in [-0.1, -0.05) is 0 Å². The minimum atomic E-state index is -0.0842. The van der Waals surface area contributed by atoms with Gasteiger partial charge in [0.2, 0.25) is 11.8 Å². The maximum atomic E-state index is 11.9. The zero-order chi connectivity index (χ0) is 16.5. The molecule has 2 heterocycles. The molecule has 0 atom stereocenters. The van der Waals surface area contributed by atoms with E-state index in [0.717, 1.165) is 32.8 Å². The number of rotatable bonds is 8. The van der Waals surface area contributed by atoms with Gasteiger partial charge in [-0.2, -0.15) is 0 Å². The third kappa shape index (κ3) is 6.42. The van der Waals surface area contributed by atoms with Gasteiger partial charge in [0.05, 0.1) is 26.0 Å². The van der Waals surface area contributed by atoms with E-state index in [2.05, 4.69) is 10.2 Å². The lowest BCUT2D eigenvalue weighted by Gasteiger charge is -2.29. The van der Waals surface area contributed by atoms with Gasteiger partial charge in [-0.05, 0) is 12.1 Å². The molecule has 7 heteroatoms. The van der Waals surface area contributed by atoms with Crippen molar-refractivity contribution in [2.75, 3.05) is 45.9 Å². The number of hydrogen-bond acceptors (Lipinski definition) is 5. The Morgan fingerprint density at radius 3 is 2.74 bits per heavy atom. The Kier molecular flexibility index (Phi) is 7.09. The second-order valence-electron chi connectivity index (χ2n) is 5.57. The van der Waals surface area contributed by atoms with Crippen LogP contribution in [0.3, 0.4) is 0 Å². The lowest BCUT2D eigenvalue weighted by Crippen LogP contribution is -2.43. The summed E-state index contributed by atoms with van der Waals surface area (Å²) in [4.78, 5) is 27.6. The number of carbonyl (C=O) groups excluding carboxylic acids is 2. The van der Waals surface area contributed by atoms with Crippen LogP contribution in [-0.4, -0.2) is 67.6 Å². The van der Waals surface area contributed by atoms with Gasteiger partial charge in [-0.3, -0.25) is 14.5 Å². The highest BCUT2D eigenvalue weighted by molar-refractivity contribution is 5.77. The molecule has 7 nitrogen and oxygen atoms in total. The first kappa shape index (κ1) is 17.5. The monoisotopic (exact) mass is 323 g/mol. The lowest BCUT2D eigenvalue weighted by molar-refractivity contribution is -0.130. The summed E-state index contributed by atoms with van der Waals surface area (Å²) >= 11 is 0. The fraction of sp³-hybridized carbons (Fsp3) is 0.625. The van der Waals surface area contributed by atoms with E-state index in [1.165, 1.54) is 0 Å². The summed E-state index contributed by atoms with van der Waals surface area (Å²) in [6, 6.07) is 3.59. The molecule has 1 saturated heterocycles. The largest absolute Gasteiger partial charge is 0.467 e. The fourth-order valence-electron chi connectivity index (χ4n) is 2.44. The molecule has 0 saturated carbocycles. The number of nitrogens with one attached hydrogen (secondary N) is 1. The molecule has 0 radical (unpaired) electrons. The second kappa shape index (κ2) is 9.32. The highest BCUT2D eigenvalue weighted by Gasteiger charge is 2.15. The van der Waals surface area contributed by atoms with Crippen LogP contribution in [0.15, 0.2) is 22.8 Å². The summed E-state index contributed by atoms with van der Waals surface area (Å²) in [5, 5.41) is 2.79. The van der Waals surface area contributed by atoms with Crippen LogP contribution < -0.4 is 5.32 Å². The Morgan fingerprint density at radius 1 is 1.30 bits per heavy atom. The van der Waals surface area contributed by atoms with Gasteiger partial charge in [0, 0.05) is 46.1 Å². The molecule has 128 valence electrons. The van der Waals surface area contributed by atoms with E-state index >= 15 is 0 Å². The molecule has 1 N–H and O–H groups in total. The van der Waals surface area contributed by atoms with E-state index in [1.807, 2.05) is 6.07 Å². The average molecular weight is 323 g/mol. The number of carbonyl (C=O) groups is 2. The van der Waals surface area contributed by atoms with Gasteiger partial charge in [0.15, 0.2) is 0 Å². The van der Waals surface area contributed by atoms with Crippen LogP contribution >= 0.6 is 0 Å². The molecule has 0 bridgehead atoms. The van der Waals surface area contributed by atoms with Crippen LogP contribution in [0.4, 0.5) is 0 Å². The molecule has 1 aliphatic rings. The first-order valence-electron chi connectivity index (χ1n) is 8.00. The zero-order valence-corrected chi connectivity index (χ0v) is 13.6. The van der Waals surface area contributed by atoms with Gasteiger partial charge < -0.3 is 19.4 Å². The zero-order valence-electron chi connectivity index (χ0n) is 13.6. The quantitative estimate of drug-likeness (QED) is 0.752. The van der Waals surface area contributed by atoms with Crippen LogP contribution in [0.2, 0.25) is 0 Å². The molecule has 1 fully saturated rings. The number of morpholine rings is 1. The lowest BCUT2D eigenvalue weighted by atomic mass is 10.3. The molecule has 0 aromatic carbocycles. The van der Waals surface area contributed by atoms with Crippen LogP contribution in [0.1, 0.15) is 19.1 Å². The third-order valence-electron chi connectivity index (χ3n) is 3.88. The van der Waals surface area contributed by atoms with Crippen molar-refractivity contribution in [3.8, 4) is 0 Å². The maximum absolute atomic E-state index is 11.9. The minimum absolute atomic E-state index is 0.00269. The molecule has 1 aromatic heterocycles. The van der Waals surface area contributed by atoms with Crippen molar-refractivity contribution in [3.63, 3.8) is 0 Å². The van der Waals surface area contributed by atoms with Crippen molar-refractivity contribution in [2.45, 2.75) is 19.9 Å². The predicted octanol–water partition coefficient (Wildman–Crippen LogP) is 0.467. The van der Waals surface area contributed by atoms with E-state index in [9.17, 15) is 9.59 Å². The average Bonchev–Trinajstić information content (AvgIpc) is 3.07. The van der Waals surface area contributed by atoms with Crippen molar-refractivity contribution in [1.82, 2.24) is 15.1 Å². The number of ether oxygens (including phenoxy) is 1. The molecule has 23 heavy (non-hydrogen) atoms. The summed E-state index contributed by atoms with van der Waals surface area (Å²) < 4.78 is 10.5. The van der Waals surface area contributed by atoms with Crippen molar-refractivity contribution in [1.29, 1.82) is 0 Å². The Labute approximate surface area is 136 Å². The molecule has 1 aliphatic heterocycles. The van der Waals surface area contributed by atoms with Crippen molar-refractivity contribution >= 4 is 11.8 Å². The smallest absolute Gasteiger partial charge is 0.222 e. The normalized spacial score (nSPS) is 15.3. The number of nitrogens with zero attached hydrogens (tertiary/aromatic N) is 2. The summed E-state index contributed by atoms with van der Waals surface area (Å²) in [5.74, 6) is 0.630. The molecule has 2 rings (SSSR count). The van der Waals surface area contributed by atoms with E-state index < -0.39 is 0 Å². The third-order valence-corrected chi connectivity index (χ3v) is 3.88. The van der Waals surface area contributed by atoms with Crippen LogP contribution in [-0.2, 0) is 20.9 Å². The van der Waals surface area contributed by atoms with E-state index in [0.29, 0.717) is 31.8 Å². The maximum Gasteiger partial charge on any atom is 0.222 e. The summed E-state index contributed by atoms with van der Waals surface area (Å²) in [7, 11) is 0. The summed E-state index contributed by atoms with van der Waals surface area (Å²) in [6.45, 7) is 7.09. The predicted molar refractivity (Wildman–Crippen MR) is 84.7 cm³/mol. The Bertz CT molecular complexity index is 484. The van der Waals surface area contributed by atoms with Crippen molar-refractivity contribution in [2.24, 2.45) is 0 Å². The SMILES string of the molecule is CC(=O)N(CCC(=O)NCc1ccco1)CCN1CCOCC1.